The molecular weight excluding hydrogens is 370 g/mol. The summed E-state index contributed by atoms with van der Waals surface area (Å²) in [4.78, 5) is 36.7. The van der Waals surface area contributed by atoms with Gasteiger partial charge in [-0.2, -0.15) is 0 Å². The van der Waals surface area contributed by atoms with E-state index in [-0.39, 0.29) is 17.8 Å². The minimum atomic E-state index is -0.733. The SMILES string of the molecule is CC(=O)C1=C(O)C(=O)N(CCCCCCCCCCC(=O)O)C1c1ccccc1. The normalized spacial score (nSPS) is 16.5. The number of Topliss-reactive ketones (excluding diaryl/α,β-unsaturated/α-hetero) is 1. The van der Waals surface area contributed by atoms with E-state index in [0.29, 0.717) is 6.54 Å². The molecule has 0 bridgehead atoms. The first kappa shape index (κ1) is 22.7. The fraction of sp³-hybridized carbons (Fsp3) is 0.522. The number of hydrogen-bond donors (Lipinski definition) is 2. The number of ketones is 1. The molecule has 0 saturated carbocycles. The molecule has 29 heavy (non-hydrogen) atoms. The number of rotatable bonds is 13. The number of aliphatic hydroxyl groups is 1. The second-order valence-electron chi connectivity index (χ2n) is 7.60. The fourth-order valence-electron chi connectivity index (χ4n) is 3.84. The molecule has 0 spiro atoms. The molecule has 0 aliphatic carbocycles. The Kier molecular flexibility index (Phi) is 8.90. The first-order chi connectivity index (χ1) is 13.9. The first-order valence-corrected chi connectivity index (χ1v) is 10.4. The lowest BCUT2D eigenvalue weighted by molar-refractivity contribution is -0.137. The number of amides is 1. The summed E-state index contributed by atoms with van der Waals surface area (Å²) in [6.07, 6.45) is 7.99. The molecule has 1 atom stereocenters. The van der Waals surface area contributed by atoms with Gasteiger partial charge in [-0.25, -0.2) is 0 Å². The van der Waals surface area contributed by atoms with Gasteiger partial charge in [-0.05, 0) is 25.3 Å². The zero-order valence-corrected chi connectivity index (χ0v) is 17.1. The summed E-state index contributed by atoms with van der Waals surface area (Å²) in [7, 11) is 0. The lowest BCUT2D eigenvalue weighted by Crippen LogP contribution is -2.32. The van der Waals surface area contributed by atoms with Crippen LogP contribution in [0.4, 0.5) is 0 Å². The van der Waals surface area contributed by atoms with Gasteiger partial charge in [0.1, 0.15) is 0 Å². The molecule has 0 fully saturated rings. The molecule has 1 amide bonds. The van der Waals surface area contributed by atoms with Gasteiger partial charge in [0.05, 0.1) is 11.6 Å². The number of nitrogens with zero attached hydrogens (tertiary/aromatic N) is 1. The Hall–Kier alpha value is -2.63. The molecule has 1 heterocycles. The quantitative estimate of drug-likeness (QED) is 0.472. The largest absolute Gasteiger partial charge is 0.503 e. The van der Waals surface area contributed by atoms with Gasteiger partial charge >= 0.3 is 5.97 Å². The van der Waals surface area contributed by atoms with Crippen LogP contribution in [-0.2, 0) is 14.4 Å². The van der Waals surface area contributed by atoms with Gasteiger partial charge in [-0.1, -0.05) is 68.9 Å². The van der Waals surface area contributed by atoms with Crippen molar-refractivity contribution >= 4 is 17.7 Å². The topological polar surface area (TPSA) is 94.9 Å². The van der Waals surface area contributed by atoms with Crippen LogP contribution in [0.5, 0.6) is 0 Å². The van der Waals surface area contributed by atoms with Gasteiger partial charge < -0.3 is 15.1 Å². The Balaban J connectivity index is 1.80. The molecule has 6 nitrogen and oxygen atoms in total. The standard InChI is InChI=1S/C23H31NO5/c1-17(25)20-21(18-13-9-8-10-14-18)24(23(29)22(20)28)16-12-7-5-3-2-4-6-11-15-19(26)27/h8-10,13-14,21,28H,2-7,11-12,15-16H2,1H3,(H,26,27). The maximum atomic E-state index is 12.5. The summed E-state index contributed by atoms with van der Waals surface area (Å²) in [6, 6.07) is 8.83. The van der Waals surface area contributed by atoms with Gasteiger partial charge in [0.2, 0.25) is 0 Å². The van der Waals surface area contributed by atoms with Crippen molar-refractivity contribution in [1.82, 2.24) is 4.90 Å². The lowest BCUT2D eigenvalue weighted by atomic mass is 9.96. The number of hydrogen-bond acceptors (Lipinski definition) is 4. The predicted molar refractivity (Wildman–Crippen MR) is 110 cm³/mol. The van der Waals surface area contributed by atoms with Crippen molar-refractivity contribution in [1.29, 1.82) is 0 Å². The van der Waals surface area contributed by atoms with Crippen LogP contribution >= 0.6 is 0 Å². The highest BCUT2D eigenvalue weighted by Crippen LogP contribution is 2.37. The van der Waals surface area contributed by atoms with Crippen molar-refractivity contribution in [2.45, 2.75) is 70.8 Å². The van der Waals surface area contributed by atoms with Crippen LogP contribution in [0.2, 0.25) is 0 Å². The third kappa shape index (κ3) is 6.44. The Morgan fingerprint density at radius 2 is 1.48 bits per heavy atom. The van der Waals surface area contributed by atoms with Gasteiger partial charge in [0.15, 0.2) is 11.5 Å². The smallest absolute Gasteiger partial charge is 0.303 e. The molecule has 6 heteroatoms. The average molecular weight is 402 g/mol. The molecule has 0 saturated heterocycles. The molecule has 0 radical (unpaired) electrons. The van der Waals surface area contributed by atoms with E-state index in [1.807, 2.05) is 30.3 Å². The van der Waals surface area contributed by atoms with Crippen molar-refractivity contribution in [3.05, 3.63) is 47.2 Å². The zero-order valence-electron chi connectivity index (χ0n) is 17.1. The third-order valence-electron chi connectivity index (χ3n) is 5.34. The molecule has 2 rings (SSSR count). The summed E-state index contributed by atoms with van der Waals surface area (Å²) in [6.45, 7) is 1.88. The van der Waals surface area contributed by atoms with Gasteiger partial charge in [-0.15, -0.1) is 0 Å². The summed E-state index contributed by atoms with van der Waals surface area (Å²) < 4.78 is 0. The maximum absolute atomic E-state index is 12.5. The van der Waals surface area contributed by atoms with Crippen LogP contribution in [0.25, 0.3) is 0 Å². The molecule has 1 aromatic carbocycles. The van der Waals surface area contributed by atoms with E-state index in [4.69, 9.17) is 5.11 Å². The number of carboxylic acids is 1. The minimum absolute atomic E-state index is 0.183. The Morgan fingerprint density at radius 1 is 0.931 bits per heavy atom. The monoisotopic (exact) mass is 401 g/mol. The number of unbranched alkanes of at least 4 members (excludes halogenated alkanes) is 7. The fourth-order valence-corrected chi connectivity index (χ4v) is 3.84. The van der Waals surface area contributed by atoms with Gasteiger partial charge in [-0.3, -0.25) is 14.4 Å². The third-order valence-corrected chi connectivity index (χ3v) is 5.34. The van der Waals surface area contributed by atoms with Crippen molar-refractivity contribution in [3.8, 4) is 0 Å². The van der Waals surface area contributed by atoms with Crippen molar-refractivity contribution in [3.63, 3.8) is 0 Å². The first-order valence-electron chi connectivity index (χ1n) is 10.4. The highest BCUT2D eigenvalue weighted by Gasteiger charge is 2.41. The number of benzene rings is 1. The van der Waals surface area contributed by atoms with Crippen molar-refractivity contribution in [2.75, 3.05) is 6.54 Å². The van der Waals surface area contributed by atoms with E-state index in [2.05, 4.69) is 0 Å². The second-order valence-corrected chi connectivity index (χ2v) is 7.60. The molecule has 1 aliphatic rings. The van der Waals surface area contributed by atoms with E-state index in [9.17, 15) is 19.5 Å². The molecular formula is C23H31NO5. The number of aliphatic hydroxyl groups excluding tert-OH is 1. The van der Waals surface area contributed by atoms with E-state index in [1.54, 1.807) is 4.90 Å². The Morgan fingerprint density at radius 3 is 2.03 bits per heavy atom. The molecule has 0 aromatic heterocycles. The van der Waals surface area contributed by atoms with Crippen LogP contribution in [0.15, 0.2) is 41.7 Å². The predicted octanol–water partition coefficient (Wildman–Crippen LogP) is 4.57. The van der Waals surface area contributed by atoms with E-state index >= 15 is 0 Å². The van der Waals surface area contributed by atoms with Crippen LogP contribution < -0.4 is 0 Å². The summed E-state index contributed by atoms with van der Waals surface area (Å²) >= 11 is 0. The number of carbonyl (C=O) groups is 3. The van der Waals surface area contributed by atoms with Crippen LogP contribution in [-0.4, -0.2) is 39.3 Å². The second kappa shape index (κ2) is 11.4. The summed E-state index contributed by atoms with van der Waals surface area (Å²) in [5.41, 5.74) is 1.01. The highest BCUT2D eigenvalue weighted by atomic mass is 16.4. The van der Waals surface area contributed by atoms with E-state index < -0.39 is 23.7 Å². The Labute approximate surface area is 172 Å². The van der Waals surface area contributed by atoms with Crippen LogP contribution in [0.1, 0.15) is 76.3 Å². The average Bonchev–Trinajstić information content (AvgIpc) is 2.94. The van der Waals surface area contributed by atoms with Crippen LogP contribution in [0.3, 0.4) is 0 Å². The zero-order chi connectivity index (χ0) is 21.2. The Bertz CT molecular complexity index is 741. The van der Waals surface area contributed by atoms with Gasteiger partial charge in [0, 0.05) is 13.0 Å². The summed E-state index contributed by atoms with van der Waals surface area (Å²) in [5.74, 6) is -1.91. The minimum Gasteiger partial charge on any atom is -0.503 e. The van der Waals surface area contributed by atoms with E-state index in [0.717, 1.165) is 56.9 Å². The molecule has 158 valence electrons. The molecule has 1 unspecified atom stereocenters. The lowest BCUT2D eigenvalue weighted by Gasteiger charge is -2.26. The summed E-state index contributed by atoms with van der Waals surface area (Å²) in [5, 5.41) is 18.8. The van der Waals surface area contributed by atoms with E-state index in [1.165, 1.54) is 6.92 Å². The van der Waals surface area contributed by atoms with Crippen molar-refractivity contribution < 1.29 is 24.6 Å². The number of aliphatic carboxylic acids is 1. The molecule has 1 aliphatic heterocycles. The molecule has 2 N–H and O–H groups in total. The van der Waals surface area contributed by atoms with Gasteiger partial charge in [0.25, 0.3) is 5.91 Å². The number of carboxylic acid groups (broad SMARTS) is 1. The van der Waals surface area contributed by atoms with Crippen molar-refractivity contribution in [2.24, 2.45) is 0 Å². The highest BCUT2D eigenvalue weighted by molar-refractivity contribution is 6.08. The maximum Gasteiger partial charge on any atom is 0.303 e. The molecule has 1 aromatic rings. The van der Waals surface area contributed by atoms with Crippen LogP contribution in [0, 0.1) is 0 Å². The number of carbonyl (C=O) groups excluding carboxylic acids is 2.